The maximum Gasteiger partial charge on any atom is 0.233 e. The molecule has 0 saturated carbocycles. The minimum Gasteiger partial charge on any atom is -0.477 e. The number of aromatic nitrogens is 2. The third-order valence-corrected chi connectivity index (χ3v) is 3.24. The molecule has 2 rings (SSSR count). The van der Waals surface area contributed by atoms with E-state index >= 15 is 0 Å². The lowest BCUT2D eigenvalue weighted by molar-refractivity contribution is 0.301. The lowest BCUT2D eigenvalue weighted by Gasteiger charge is -2.05. The van der Waals surface area contributed by atoms with Crippen LogP contribution >= 0.6 is 0 Å². The molecule has 0 aliphatic carbocycles. The van der Waals surface area contributed by atoms with Gasteiger partial charge in [0.1, 0.15) is 0 Å². The van der Waals surface area contributed by atoms with Gasteiger partial charge in [-0.1, -0.05) is 61.6 Å². The molecule has 1 aromatic heterocycles. The Morgan fingerprint density at radius 2 is 2.00 bits per heavy atom. The number of hydrogen-bond acceptors (Lipinski definition) is 2. The molecule has 3 heteroatoms. The predicted molar refractivity (Wildman–Crippen MR) is 91.2 cm³/mol. The van der Waals surface area contributed by atoms with Crippen molar-refractivity contribution in [2.24, 2.45) is 0 Å². The van der Waals surface area contributed by atoms with Gasteiger partial charge in [-0.3, -0.25) is 4.68 Å². The van der Waals surface area contributed by atoms with Crippen LogP contribution in [-0.2, 0) is 13.0 Å². The molecule has 0 spiro atoms. The van der Waals surface area contributed by atoms with Gasteiger partial charge in [-0.25, -0.2) is 0 Å². The molecule has 1 aromatic carbocycles. The van der Waals surface area contributed by atoms with Crippen LogP contribution in [0, 0.1) is 0 Å². The molecular weight excluding hydrogens is 272 g/mol. The second-order valence-electron chi connectivity index (χ2n) is 5.12. The molecule has 0 radical (unpaired) electrons. The van der Waals surface area contributed by atoms with E-state index < -0.39 is 0 Å². The fourth-order valence-corrected chi connectivity index (χ4v) is 2.14. The zero-order chi connectivity index (χ0) is 15.6. The number of benzene rings is 1. The number of ether oxygens (including phenoxy) is 1. The molecule has 0 amide bonds. The largest absolute Gasteiger partial charge is 0.477 e. The molecular formula is C19H24N2O. The quantitative estimate of drug-likeness (QED) is 0.675. The van der Waals surface area contributed by atoms with E-state index in [1.807, 2.05) is 35.9 Å². The molecule has 0 atom stereocenters. The van der Waals surface area contributed by atoms with E-state index in [1.54, 1.807) is 0 Å². The molecule has 116 valence electrons. The number of rotatable bonds is 8. The second kappa shape index (κ2) is 8.88. The van der Waals surface area contributed by atoms with E-state index in [0.29, 0.717) is 12.5 Å². The van der Waals surface area contributed by atoms with Gasteiger partial charge in [-0.05, 0) is 18.9 Å². The van der Waals surface area contributed by atoms with Crippen LogP contribution in [0.25, 0.3) is 0 Å². The molecule has 22 heavy (non-hydrogen) atoms. The Bertz CT molecular complexity index is 612. The molecule has 0 bridgehead atoms. The highest BCUT2D eigenvalue weighted by Crippen LogP contribution is 2.15. The maximum absolute atomic E-state index is 5.67. The Balaban J connectivity index is 2.15. The van der Waals surface area contributed by atoms with Gasteiger partial charge < -0.3 is 4.74 Å². The molecule has 0 unspecified atom stereocenters. The number of nitrogens with zero attached hydrogens (tertiary/aromatic N) is 2. The smallest absolute Gasteiger partial charge is 0.233 e. The summed E-state index contributed by atoms with van der Waals surface area (Å²) in [4.78, 5) is 0. The summed E-state index contributed by atoms with van der Waals surface area (Å²) in [5.41, 5.74) is 2.40. The van der Waals surface area contributed by atoms with Crippen molar-refractivity contribution in [2.75, 3.05) is 6.61 Å². The lowest BCUT2D eigenvalue weighted by atomic mass is 10.2. The van der Waals surface area contributed by atoms with Crippen molar-refractivity contribution in [3.63, 3.8) is 0 Å². The number of allylic oxidation sites excluding steroid dienone is 4. The first-order chi connectivity index (χ1) is 10.8. The molecule has 0 fully saturated rings. The van der Waals surface area contributed by atoms with Crippen LogP contribution in [0.2, 0.25) is 0 Å². The van der Waals surface area contributed by atoms with E-state index in [1.165, 1.54) is 5.56 Å². The molecule has 0 saturated heterocycles. The summed E-state index contributed by atoms with van der Waals surface area (Å²) < 4.78 is 7.70. The van der Waals surface area contributed by atoms with Gasteiger partial charge in [0.2, 0.25) is 5.88 Å². The lowest BCUT2D eigenvalue weighted by Crippen LogP contribution is -2.06. The summed E-state index contributed by atoms with van der Waals surface area (Å²) in [6.07, 6.45) is 10.1. The van der Waals surface area contributed by atoms with Crippen LogP contribution in [0.1, 0.15) is 31.5 Å². The van der Waals surface area contributed by atoms with Crippen molar-refractivity contribution in [2.45, 2.75) is 33.2 Å². The highest BCUT2D eigenvalue weighted by atomic mass is 16.5. The molecule has 0 N–H and O–H groups in total. The van der Waals surface area contributed by atoms with E-state index in [9.17, 15) is 0 Å². The topological polar surface area (TPSA) is 27.1 Å². The first-order valence-corrected chi connectivity index (χ1v) is 7.84. The van der Waals surface area contributed by atoms with Crippen LogP contribution in [0.4, 0.5) is 0 Å². The first-order valence-electron chi connectivity index (χ1n) is 7.84. The fourth-order valence-electron chi connectivity index (χ4n) is 2.14. The van der Waals surface area contributed by atoms with Crippen molar-refractivity contribution in [1.82, 2.24) is 9.78 Å². The predicted octanol–water partition coefficient (Wildman–Crippen LogP) is 4.40. The Labute approximate surface area is 132 Å². The van der Waals surface area contributed by atoms with Crippen LogP contribution in [0.3, 0.4) is 0 Å². The van der Waals surface area contributed by atoms with E-state index in [-0.39, 0.29) is 0 Å². The number of hydrogen-bond donors (Lipinski definition) is 0. The highest BCUT2D eigenvalue weighted by Gasteiger charge is 2.08. The van der Waals surface area contributed by atoms with E-state index in [0.717, 1.165) is 25.1 Å². The standard InChI is InChI=1S/C19H24N2O/c1-3-5-6-10-13-18-15-19(22-14-4-2)20-21(18)16-17-11-8-7-9-12-17/h3,5-12,15H,4,13-14,16H2,1-2H3/b5-3-,10-6?. The zero-order valence-electron chi connectivity index (χ0n) is 13.4. The van der Waals surface area contributed by atoms with Gasteiger partial charge in [0, 0.05) is 18.2 Å². The normalized spacial score (nSPS) is 11.5. The Morgan fingerprint density at radius 1 is 1.18 bits per heavy atom. The minimum atomic E-state index is 0.705. The van der Waals surface area contributed by atoms with Gasteiger partial charge in [-0.2, -0.15) is 0 Å². The molecule has 2 aromatic rings. The molecule has 0 aliphatic heterocycles. The SMILES string of the molecule is C/C=C\C=CCc1cc(OCCC)nn1Cc1ccccc1. The summed E-state index contributed by atoms with van der Waals surface area (Å²) in [6.45, 7) is 5.59. The Kier molecular flexibility index (Phi) is 6.49. The third-order valence-electron chi connectivity index (χ3n) is 3.24. The minimum absolute atomic E-state index is 0.705. The second-order valence-corrected chi connectivity index (χ2v) is 5.12. The summed E-state index contributed by atoms with van der Waals surface area (Å²) in [7, 11) is 0. The Hall–Kier alpha value is -2.29. The highest BCUT2D eigenvalue weighted by molar-refractivity contribution is 5.22. The van der Waals surface area contributed by atoms with Crippen molar-refractivity contribution in [3.05, 3.63) is 72.0 Å². The van der Waals surface area contributed by atoms with Gasteiger partial charge in [0.05, 0.1) is 13.2 Å². The summed E-state index contributed by atoms with van der Waals surface area (Å²) in [5, 5.41) is 4.58. The zero-order valence-corrected chi connectivity index (χ0v) is 13.4. The van der Waals surface area contributed by atoms with Gasteiger partial charge in [0.25, 0.3) is 0 Å². The van der Waals surface area contributed by atoms with E-state index in [2.05, 4.69) is 48.4 Å². The van der Waals surface area contributed by atoms with Crippen molar-refractivity contribution in [1.29, 1.82) is 0 Å². The van der Waals surface area contributed by atoms with Crippen LogP contribution < -0.4 is 4.74 Å². The average molecular weight is 296 g/mol. The van der Waals surface area contributed by atoms with Crippen LogP contribution in [-0.4, -0.2) is 16.4 Å². The molecule has 1 heterocycles. The van der Waals surface area contributed by atoms with Gasteiger partial charge in [0.15, 0.2) is 0 Å². The summed E-state index contributed by atoms with van der Waals surface area (Å²) >= 11 is 0. The summed E-state index contributed by atoms with van der Waals surface area (Å²) in [6, 6.07) is 12.4. The molecule has 3 nitrogen and oxygen atoms in total. The first kappa shape index (κ1) is 16.1. The average Bonchev–Trinajstić information content (AvgIpc) is 2.92. The maximum atomic E-state index is 5.67. The van der Waals surface area contributed by atoms with Gasteiger partial charge in [-0.15, -0.1) is 5.10 Å². The summed E-state index contributed by atoms with van der Waals surface area (Å²) in [5.74, 6) is 0.715. The van der Waals surface area contributed by atoms with Crippen molar-refractivity contribution < 1.29 is 4.74 Å². The molecule has 0 aliphatic rings. The van der Waals surface area contributed by atoms with Crippen LogP contribution in [0.5, 0.6) is 5.88 Å². The van der Waals surface area contributed by atoms with Crippen LogP contribution in [0.15, 0.2) is 60.7 Å². The van der Waals surface area contributed by atoms with Crippen molar-refractivity contribution >= 4 is 0 Å². The Morgan fingerprint density at radius 3 is 2.73 bits per heavy atom. The van der Waals surface area contributed by atoms with E-state index in [4.69, 9.17) is 4.74 Å². The van der Waals surface area contributed by atoms with Crippen molar-refractivity contribution in [3.8, 4) is 5.88 Å². The third kappa shape index (κ3) is 4.92. The monoisotopic (exact) mass is 296 g/mol. The fraction of sp³-hybridized carbons (Fsp3) is 0.316. The van der Waals surface area contributed by atoms with Gasteiger partial charge >= 0.3 is 0 Å².